The van der Waals surface area contributed by atoms with Crippen LogP contribution in [-0.2, 0) is 30.4 Å². The van der Waals surface area contributed by atoms with Crippen LogP contribution in [0.15, 0.2) is 30.3 Å². The molecular formula is C15H17NO6. The van der Waals surface area contributed by atoms with Gasteiger partial charge in [-0.3, -0.25) is 0 Å². The Labute approximate surface area is 127 Å². The zero-order valence-corrected chi connectivity index (χ0v) is 11.9. The van der Waals surface area contributed by atoms with Crippen LogP contribution >= 0.6 is 0 Å². The van der Waals surface area contributed by atoms with Crippen molar-refractivity contribution in [2.45, 2.75) is 31.8 Å². The van der Waals surface area contributed by atoms with Crippen LogP contribution in [0.3, 0.4) is 0 Å². The third-order valence-corrected chi connectivity index (χ3v) is 3.01. The summed E-state index contributed by atoms with van der Waals surface area (Å²) in [5.74, 6) is -0.862. The first-order chi connectivity index (χ1) is 10.7. The van der Waals surface area contributed by atoms with E-state index in [-0.39, 0.29) is 6.61 Å². The lowest BCUT2D eigenvalue weighted by Gasteiger charge is -2.15. The number of rotatable bonds is 6. The lowest BCUT2D eigenvalue weighted by molar-refractivity contribution is -0.172. The highest BCUT2D eigenvalue weighted by Crippen LogP contribution is 2.13. The number of alkyl carbamates (subject to hydrolysis) is 1. The van der Waals surface area contributed by atoms with Gasteiger partial charge in [-0.25, -0.2) is 9.59 Å². The van der Waals surface area contributed by atoms with Gasteiger partial charge in [0.15, 0.2) is 12.3 Å². The molecule has 0 saturated carbocycles. The first-order valence-corrected chi connectivity index (χ1v) is 6.93. The van der Waals surface area contributed by atoms with Crippen molar-refractivity contribution in [2.75, 3.05) is 6.61 Å². The number of nitrogens with one attached hydrogen (secondary N) is 1. The van der Waals surface area contributed by atoms with Gasteiger partial charge in [0.2, 0.25) is 6.29 Å². The summed E-state index contributed by atoms with van der Waals surface area (Å²) in [6, 6.07) is 7.63. The van der Waals surface area contributed by atoms with Crippen LogP contribution < -0.4 is 5.32 Å². The number of carbonyl (C=O) groups excluding carboxylic acids is 3. The lowest BCUT2D eigenvalue weighted by atomic mass is 10.2. The Kier molecular flexibility index (Phi) is 5.91. The van der Waals surface area contributed by atoms with Crippen molar-refractivity contribution in [3.8, 4) is 0 Å². The Morgan fingerprint density at radius 3 is 2.77 bits per heavy atom. The molecule has 2 rings (SSSR count). The summed E-state index contributed by atoms with van der Waals surface area (Å²) < 4.78 is 15.0. The highest BCUT2D eigenvalue weighted by molar-refractivity contribution is 5.95. The molecule has 1 saturated heterocycles. The molecule has 0 aromatic heterocycles. The van der Waals surface area contributed by atoms with E-state index in [4.69, 9.17) is 14.2 Å². The second kappa shape index (κ2) is 8.14. The van der Waals surface area contributed by atoms with Crippen molar-refractivity contribution in [1.82, 2.24) is 5.32 Å². The average molecular weight is 307 g/mol. The average Bonchev–Trinajstić information content (AvgIpc) is 3.04. The van der Waals surface area contributed by atoms with E-state index in [0.29, 0.717) is 19.3 Å². The summed E-state index contributed by atoms with van der Waals surface area (Å²) in [5.41, 5.74) is 0.794. The zero-order valence-electron chi connectivity index (χ0n) is 11.9. The van der Waals surface area contributed by atoms with Crippen LogP contribution in [0.1, 0.15) is 18.4 Å². The first kappa shape index (κ1) is 16.0. The minimum absolute atomic E-state index is 0.0407. The van der Waals surface area contributed by atoms with E-state index in [1.165, 1.54) is 0 Å². The van der Waals surface area contributed by atoms with E-state index in [1.54, 1.807) is 12.1 Å². The summed E-state index contributed by atoms with van der Waals surface area (Å²) >= 11 is 0. The van der Waals surface area contributed by atoms with Crippen molar-refractivity contribution in [2.24, 2.45) is 0 Å². The molecule has 2 unspecified atom stereocenters. The maximum atomic E-state index is 11.7. The maximum absolute atomic E-state index is 11.7. The number of carbonyl (C=O) groups is 3. The van der Waals surface area contributed by atoms with Gasteiger partial charge in [0, 0.05) is 6.42 Å². The van der Waals surface area contributed by atoms with Crippen LogP contribution in [0.25, 0.3) is 0 Å². The molecule has 0 aliphatic carbocycles. The van der Waals surface area contributed by atoms with E-state index in [1.807, 2.05) is 18.2 Å². The maximum Gasteiger partial charge on any atom is 0.408 e. The van der Waals surface area contributed by atoms with Crippen molar-refractivity contribution in [3.05, 3.63) is 35.9 Å². The highest BCUT2D eigenvalue weighted by Gasteiger charge is 2.27. The fraction of sp³-hybridized carbons (Fsp3) is 0.400. The van der Waals surface area contributed by atoms with Gasteiger partial charge in [-0.05, 0) is 12.0 Å². The fourth-order valence-electron chi connectivity index (χ4n) is 1.88. The van der Waals surface area contributed by atoms with Crippen LogP contribution in [0.2, 0.25) is 0 Å². The standard InChI is InChI=1S/C15H17NO6/c17-9-12(14(18)22-13-7-4-8-20-13)16-15(19)21-10-11-5-2-1-3-6-11/h1-3,5-6,9,12-13H,4,7-8,10H2,(H,16,19). The molecule has 1 heterocycles. The van der Waals surface area contributed by atoms with Crippen molar-refractivity contribution >= 4 is 18.3 Å². The minimum atomic E-state index is -1.41. The molecule has 7 heteroatoms. The number of ether oxygens (including phenoxy) is 3. The monoisotopic (exact) mass is 307 g/mol. The van der Waals surface area contributed by atoms with Gasteiger partial charge in [0.1, 0.15) is 6.61 Å². The minimum Gasteiger partial charge on any atom is -0.445 e. The molecule has 1 fully saturated rings. The third kappa shape index (κ3) is 4.85. The van der Waals surface area contributed by atoms with Crippen molar-refractivity contribution < 1.29 is 28.6 Å². The molecule has 1 aromatic rings. The van der Waals surface area contributed by atoms with Crippen molar-refractivity contribution in [3.63, 3.8) is 0 Å². The largest absolute Gasteiger partial charge is 0.445 e. The number of amides is 1. The van der Waals surface area contributed by atoms with Gasteiger partial charge in [0.25, 0.3) is 0 Å². The summed E-state index contributed by atoms with van der Waals surface area (Å²) in [6.07, 6.45) is 0.134. The van der Waals surface area contributed by atoms with Gasteiger partial charge in [-0.1, -0.05) is 30.3 Å². The van der Waals surface area contributed by atoms with E-state index in [0.717, 1.165) is 12.0 Å². The number of esters is 1. The molecule has 1 aliphatic heterocycles. The Bertz CT molecular complexity index is 512. The van der Waals surface area contributed by atoms with E-state index in [2.05, 4.69) is 5.32 Å². The Morgan fingerprint density at radius 2 is 2.14 bits per heavy atom. The van der Waals surface area contributed by atoms with Gasteiger partial charge in [-0.2, -0.15) is 0 Å². The smallest absolute Gasteiger partial charge is 0.408 e. The SMILES string of the molecule is O=CC(NC(=O)OCc1ccccc1)C(=O)OC1CCCO1. The van der Waals surface area contributed by atoms with Gasteiger partial charge in [0.05, 0.1) is 6.61 Å². The molecule has 1 N–H and O–H groups in total. The zero-order chi connectivity index (χ0) is 15.8. The molecule has 0 spiro atoms. The predicted molar refractivity (Wildman–Crippen MR) is 74.7 cm³/mol. The molecule has 118 valence electrons. The molecule has 7 nitrogen and oxygen atoms in total. The second-order valence-electron chi connectivity index (χ2n) is 4.70. The molecule has 0 bridgehead atoms. The van der Waals surface area contributed by atoms with E-state index < -0.39 is 24.4 Å². The molecule has 2 atom stereocenters. The van der Waals surface area contributed by atoms with E-state index >= 15 is 0 Å². The Balaban J connectivity index is 1.77. The van der Waals surface area contributed by atoms with E-state index in [9.17, 15) is 14.4 Å². The number of aldehydes is 1. The summed E-state index contributed by atoms with van der Waals surface area (Å²) in [7, 11) is 0. The fourth-order valence-corrected chi connectivity index (χ4v) is 1.88. The van der Waals surface area contributed by atoms with Crippen LogP contribution in [0.5, 0.6) is 0 Å². The molecule has 22 heavy (non-hydrogen) atoms. The molecular weight excluding hydrogens is 290 g/mol. The van der Waals surface area contributed by atoms with Crippen LogP contribution in [-0.4, -0.2) is 37.3 Å². The molecule has 1 amide bonds. The van der Waals surface area contributed by atoms with Gasteiger partial charge in [-0.15, -0.1) is 0 Å². The molecule has 0 radical (unpaired) electrons. The first-order valence-electron chi connectivity index (χ1n) is 6.93. The number of benzene rings is 1. The summed E-state index contributed by atoms with van der Waals surface area (Å²) in [4.78, 5) is 34.3. The van der Waals surface area contributed by atoms with Crippen molar-refractivity contribution in [1.29, 1.82) is 0 Å². The van der Waals surface area contributed by atoms with Crippen LogP contribution in [0.4, 0.5) is 4.79 Å². The summed E-state index contributed by atoms with van der Waals surface area (Å²) in [6.45, 7) is 0.551. The Morgan fingerprint density at radius 1 is 1.36 bits per heavy atom. The van der Waals surface area contributed by atoms with Gasteiger partial charge < -0.3 is 24.3 Å². The lowest BCUT2D eigenvalue weighted by Crippen LogP contribution is -2.44. The Hall–Kier alpha value is -2.41. The topological polar surface area (TPSA) is 90.9 Å². The normalized spacial score (nSPS) is 18.3. The molecule has 1 aliphatic rings. The summed E-state index contributed by atoms with van der Waals surface area (Å²) in [5, 5.41) is 2.15. The molecule has 1 aromatic carbocycles. The third-order valence-electron chi connectivity index (χ3n) is 3.01. The predicted octanol–water partition coefficient (Wildman–Crippen LogP) is 1.16. The highest BCUT2D eigenvalue weighted by atomic mass is 16.7. The van der Waals surface area contributed by atoms with Crippen LogP contribution in [0, 0.1) is 0 Å². The second-order valence-corrected chi connectivity index (χ2v) is 4.70. The quantitative estimate of drug-likeness (QED) is 0.482. The number of hydrogen-bond acceptors (Lipinski definition) is 6. The number of hydrogen-bond donors (Lipinski definition) is 1. The van der Waals surface area contributed by atoms with Gasteiger partial charge >= 0.3 is 12.1 Å².